The van der Waals surface area contributed by atoms with E-state index in [1.54, 1.807) is 7.11 Å². The molecule has 3 rings (SSSR count). The van der Waals surface area contributed by atoms with Crippen molar-refractivity contribution in [2.75, 3.05) is 12.8 Å². The van der Waals surface area contributed by atoms with Gasteiger partial charge in [-0.25, -0.2) is 0 Å². The number of nitrogens with two attached hydrogens (primary N) is 1. The Hall–Kier alpha value is -2.48. The molecule has 0 radical (unpaired) electrons. The van der Waals surface area contributed by atoms with E-state index in [4.69, 9.17) is 10.5 Å². The lowest BCUT2D eigenvalue weighted by atomic mass is 9.96. The molecule has 0 saturated heterocycles. The molecule has 2 heteroatoms. The number of nitrogen functional groups attached to an aromatic ring is 1. The number of anilines is 1. The third-order valence-corrected chi connectivity index (χ3v) is 3.34. The highest BCUT2D eigenvalue weighted by Crippen LogP contribution is 2.38. The van der Waals surface area contributed by atoms with Gasteiger partial charge in [0, 0.05) is 16.8 Å². The predicted molar refractivity (Wildman–Crippen MR) is 80.3 cm³/mol. The molecule has 0 bridgehead atoms. The first-order valence-electron chi connectivity index (χ1n) is 6.22. The van der Waals surface area contributed by atoms with Crippen molar-refractivity contribution in [1.82, 2.24) is 0 Å². The fraction of sp³-hybridized carbons (Fsp3) is 0.0588. The van der Waals surface area contributed by atoms with Gasteiger partial charge >= 0.3 is 0 Å². The molecule has 0 aliphatic rings. The summed E-state index contributed by atoms with van der Waals surface area (Å²) in [4.78, 5) is 0. The Morgan fingerprint density at radius 3 is 2.42 bits per heavy atom. The summed E-state index contributed by atoms with van der Waals surface area (Å²) in [5.74, 6) is 0.838. The molecule has 0 unspecified atom stereocenters. The van der Waals surface area contributed by atoms with Gasteiger partial charge in [-0.15, -0.1) is 0 Å². The first kappa shape index (κ1) is 11.6. The summed E-state index contributed by atoms with van der Waals surface area (Å²) in [5.41, 5.74) is 9.02. The number of hydrogen-bond acceptors (Lipinski definition) is 2. The average Bonchev–Trinajstić information content (AvgIpc) is 2.47. The largest absolute Gasteiger partial charge is 0.496 e. The van der Waals surface area contributed by atoms with Crippen molar-refractivity contribution in [3.8, 4) is 16.9 Å². The van der Waals surface area contributed by atoms with Crippen LogP contribution in [0.2, 0.25) is 0 Å². The van der Waals surface area contributed by atoms with Gasteiger partial charge < -0.3 is 10.5 Å². The van der Waals surface area contributed by atoms with Crippen LogP contribution in [-0.2, 0) is 0 Å². The number of ether oxygens (including phenoxy) is 1. The second kappa shape index (κ2) is 4.65. The molecule has 2 nitrogen and oxygen atoms in total. The fourth-order valence-electron chi connectivity index (χ4n) is 2.44. The van der Waals surface area contributed by atoms with Crippen LogP contribution in [0.3, 0.4) is 0 Å². The minimum absolute atomic E-state index is 0.767. The van der Waals surface area contributed by atoms with E-state index in [2.05, 4.69) is 12.1 Å². The highest BCUT2D eigenvalue weighted by Gasteiger charge is 2.11. The summed E-state index contributed by atoms with van der Waals surface area (Å²) in [5, 5.41) is 2.32. The summed E-state index contributed by atoms with van der Waals surface area (Å²) in [6.45, 7) is 0. The summed E-state index contributed by atoms with van der Waals surface area (Å²) in [6, 6.07) is 20.2. The maximum atomic E-state index is 6.19. The molecular formula is C17H15NO. The Bertz CT molecular complexity index is 734. The van der Waals surface area contributed by atoms with Crippen molar-refractivity contribution in [3.05, 3.63) is 60.7 Å². The number of para-hydroxylation sites is 1. The number of fused-ring (bicyclic) bond motifs is 1. The second-order valence-corrected chi connectivity index (χ2v) is 4.45. The summed E-state index contributed by atoms with van der Waals surface area (Å²) in [6.07, 6.45) is 0. The third kappa shape index (κ3) is 1.91. The standard InChI is InChI=1S/C17H15NO/c1-19-16-9-5-4-8-14(16)17-13-7-3-2-6-12(13)10-11-15(17)18/h2-11H,18H2,1H3. The Balaban J connectivity index is 2.38. The van der Waals surface area contributed by atoms with Crippen LogP contribution < -0.4 is 10.5 Å². The normalized spacial score (nSPS) is 10.6. The van der Waals surface area contributed by atoms with E-state index in [1.807, 2.05) is 48.5 Å². The van der Waals surface area contributed by atoms with Gasteiger partial charge in [-0.1, -0.05) is 48.5 Å². The number of rotatable bonds is 2. The smallest absolute Gasteiger partial charge is 0.126 e. The molecule has 94 valence electrons. The van der Waals surface area contributed by atoms with Crippen molar-refractivity contribution in [1.29, 1.82) is 0 Å². The van der Waals surface area contributed by atoms with Crippen LogP contribution in [0.25, 0.3) is 21.9 Å². The van der Waals surface area contributed by atoms with Crippen molar-refractivity contribution in [2.45, 2.75) is 0 Å². The van der Waals surface area contributed by atoms with E-state index in [0.29, 0.717) is 0 Å². The van der Waals surface area contributed by atoms with E-state index in [1.165, 1.54) is 5.39 Å². The Kier molecular flexibility index (Phi) is 2.84. The molecule has 19 heavy (non-hydrogen) atoms. The van der Waals surface area contributed by atoms with Gasteiger partial charge in [-0.2, -0.15) is 0 Å². The maximum Gasteiger partial charge on any atom is 0.126 e. The van der Waals surface area contributed by atoms with Crippen LogP contribution in [0, 0.1) is 0 Å². The topological polar surface area (TPSA) is 35.2 Å². The van der Waals surface area contributed by atoms with Gasteiger partial charge in [0.25, 0.3) is 0 Å². The molecule has 0 heterocycles. The summed E-state index contributed by atoms with van der Waals surface area (Å²) < 4.78 is 5.45. The van der Waals surface area contributed by atoms with Gasteiger partial charge in [0.1, 0.15) is 5.75 Å². The molecule has 0 aromatic heterocycles. The van der Waals surface area contributed by atoms with Gasteiger partial charge in [0.2, 0.25) is 0 Å². The first-order chi connectivity index (χ1) is 9.31. The molecule has 0 amide bonds. The lowest BCUT2D eigenvalue weighted by Crippen LogP contribution is -1.94. The summed E-state index contributed by atoms with van der Waals surface area (Å²) in [7, 11) is 1.68. The predicted octanol–water partition coefficient (Wildman–Crippen LogP) is 4.10. The Labute approximate surface area is 112 Å². The van der Waals surface area contributed by atoms with Crippen LogP contribution in [0.1, 0.15) is 0 Å². The maximum absolute atomic E-state index is 6.19. The lowest BCUT2D eigenvalue weighted by molar-refractivity contribution is 0.416. The van der Waals surface area contributed by atoms with Gasteiger partial charge in [-0.05, 0) is 22.9 Å². The average molecular weight is 249 g/mol. The molecule has 0 fully saturated rings. The second-order valence-electron chi connectivity index (χ2n) is 4.45. The Morgan fingerprint density at radius 2 is 1.58 bits per heavy atom. The van der Waals surface area contributed by atoms with Crippen molar-refractivity contribution in [2.24, 2.45) is 0 Å². The highest BCUT2D eigenvalue weighted by molar-refractivity contribution is 6.03. The van der Waals surface area contributed by atoms with Crippen LogP contribution >= 0.6 is 0 Å². The Morgan fingerprint density at radius 1 is 0.842 bits per heavy atom. The fourth-order valence-corrected chi connectivity index (χ4v) is 2.44. The molecule has 2 N–H and O–H groups in total. The number of benzene rings is 3. The number of hydrogen-bond donors (Lipinski definition) is 1. The zero-order valence-corrected chi connectivity index (χ0v) is 10.8. The third-order valence-electron chi connectivity index (χ3n) is 3.34. The molecule has 0 spiro atoms. The van der Waals surface area contributed by atoms with Crippen molar-refractivity contribution in [3.63, 3.8) is 0 Å². The molecule has 0 aliphatic heterocycles. The SMILES string of the molecule is COc1ccccc1-c1c(N)ccc2ccccc12. The summed E-state index contributed by atoms with van der Waals surface area (Å²) >= 11 is 0. The molecule has 0 saturated carbocycles. The lowest BCUT2D eigenvalue weighted by Gasteiger charge is -2.13. The molecule has 3 aromatic rings. The molecular weight excluding hydrogens is 234 g/mol. The van der Waals surface area contributed by atoms with Crippen LogP contribution in [0.5, 0.6) is 5.75 Å². The van der Waals surface area contributed by atoms with Gasteiger partial charge in [0.05, 0.1) is 7.11 Å². The minimum atomic E-state index is 0.767. The van der Waals surface area contributed by atoms with E-state index in [9.17, 15) is 0 Å². The van der Waals surface area contributed by atoms with E-state index >= 15 is 0 Å². The molecule has 0 aliphatic carbocycles. The van der Waals surface area contributed by atoms with E-state index in [-0.39, 0.29) is 0 Å². The monoisotopic (exact) mass is 249 g/mol. The zero-order chi connectivity index (χ0) is 13.2. The van der Waals surface area contributed by atoms with Crippen LogP contribution in [-0.4, -0.2) is 7.11 Å². The van der Waals surface area contributed by atoms with Crippen LogP contribution in [0.15, 0.2) is 60.7 Å². The quantitative estimate of drug-likeness (QED) is 0.694. The van der Waals surface area contributed by atoms with Gasteiger partial charge in [-0.3, -0.25) is 0 Å². The van der Waals surface area contributed by atoms with Crippen molar-refractivity contribution < 1.29 is 4.74 Å². The molecule has 0 atom stereocenters. The van der Waals surface area contributed by atoms with E-state index < -0.39 is 0 Å². The number of methoxy groups -OCH3 is 1. The first-order valence-corrected chi connectivity index (χ1v) is 6.22. The van der Waals surface area contributed by atoms with Crippen LogP contribution in [0.4, 0.5) is 5.69 Å². The minimum Gasteiger partial charge on any atom is -0.496 e. The molecule has 3 aromatic carbocycles. The highest BCUT2D eigenvalue weighted by atomic mass is 16.5. The van der Waals surface area contributed by atoms with Gasteiger partial charge in [0.15, 0.2) is 0 Å². The van der Waals surface area contributed by atoms with Crippen molar-refractivity contribution >= 4 is 16.5 Å². The van der Waals surface area contributed by atoms with E-state index in [0.717, 1.165) is 28.0 Å². The zero-order valence-electron chi connectivity index (χ0n) is 10.8.